The maximum atomic E-state index is 9.23. The minimum Gasteiger partial charge on any atom is -0.392 e. The highest BCUT2D eigenvalue weighted by Gasteiger charge is 2.05. The van der Waals surface area contributed by atoms with Gasteiger partial charge in [0.1, 0.15) is 0 Å². The average molecular weight is 282 g/mol. The molecule has 0 aliphatic carbocycles. The average Bonchev–Trinajstić information content (AvgIpc) is 2.41. The molecule has 2 rings (SSSR count). The molecule has 0 aromatic heterocycles. The summed E-state index contributed by atoms with van der Waals surface area (Å²) in [6.45, 7) is 0.572. The Balaban J connectivity index is 2.14. The third-order valence-electron chi connectivity index (χ3n) is 2.69. The number of halogens is 2. The second-order valence-electron chi connectivity index (χ2n) is 3.88. The molecule has 0 spiro atoms. The summed E-state index contributed by atoms with van der Waals surface area (Å²) in [5.74, 6) is 0. The predicted octanol–water partition coefficient (Wildman–Crippen LogP) is 4.10. The number of aliphatic hydroxyl groups excluding tert-OH is 1. The topological polar surface area (TPSA) is 32.3 Å². The van der Waals surface area contributed by atoms with E-state index in [9.17, 15) is 5.11 Å². The molecule has 2 N–H and O–H groups in total. The molecule has 94 valence electrons. The minimum absolute atomic E-state index is 0.00640. The zero-order valence-corrected chi connectivity index (χ0v) is 11.2. The molecular weight excluding hydrogens is 269 g/mol. The summed E-state index contributed by atoms with van der Waals surface area (Å²) in [6.07, 6.45) is 0. The van der Waals surface area contributed by atoms with Gasteiger partial charge in [-0.05, 0) is 17.7 Å². The molecule has 0 heterocycles. The summed E-state index contributed by atoms with van der Waals surface area (Å²) in [5, 5.41) is 13.6. The fourth-order valence-corrected chi connectivity index (χ4v) is 2.09. The van der Waals surface area contributed by atoms with Crippen LogP contribution in [0.5, 0.6) is 0 Å². The largest absolute Gasteiger partial charge is 0.392 e. The van der Waals surface area contributed by atoms with Crippen LogP contribution in [0.3, 0.4) is 0 Å². The number of aliphatic hydroxyl groups is 1. The Labute approximate surface area is 116 Å². The molecule has 0 amide bonds. The van der Waals surface area contributed by atoms with Crippen molar-refractivity contribution in [2.45, 2.75) is 13.2 Å². The molecular formula is C14H13Cl2NO. The van der Waals surface area contributed by atoms with Gasteiger partial charge in [0, 0.05) is 17.8 Å². The zero-order valence-electron chi connectivity index (χ0n) is 9.66. The van der Waals surface area contributed by atoms with E-state index in [-0.39, 0.29) is 6.61 Å². The summed E-state index contributed by atoms with van der Waals surface area (Å²) < 4.78 is 0. The van der Waals surface area contributed by atoms with Crippen LogP contribution in [0.25, 0.3) is 0 Å². The Morgan fingerprint density at radius 3 is 2.44 bits per heavy atom. The van der Waals surface area contributed by atoms with Gasteiger partial charge in [-0.25, -0.2) is 0 Å². The summed E-state index contributed by atoms with van der Waals surface area (Å²) in [5.41, 5.74) is 2.68. The van der Waals surface area contributed by atoms with Crippen molar-refractivity contribution >= 4 is 28.9 Å². The van der Waals surface area contributed by atoms with E-state index in [4.69, 9.17) is 23.2 Å². The zero-order chi connectivity index (χ0) is 13.0. The van der Waals surface area contributed by atoms with Gasteiger partial charge in [-0.1, -0.05) is 53.5 Å². The minimum atomic E-state index is 0.00640. The summed E-state index contributed by atoms with van der Waals surface area (Å²) in [7, 11) is 0. The molecule has 0 saturated heterocycles. The number of hydrogen-bond donors (Lipinski definition) is 2. The smallest absolute Gasteiger partial charge is 0.0701 e. The highest BCUT2D eigenvalue weighted by Crippen LogP contribution is 2.26. The van der Waals surface area contributed by atoms with E-state index in [1.807, 2.05) is 36.4 Å². The maximum absolute atomic E-state index is 9.23. The molecule has 18 heavy (non-hydrogen) atoms. The monoisotopic (exact) mass is 281 g/mol. The first kappa shape index (κ1) is 13.2. The summed E-state index contributed by atoms with van der Waals surface area (Å²) >= 11 is 12.1. The van der Waals surface area contributed by atoms with Crippen molar-refractivity contribution in [3.05, 3.63) is 63.6 Å². The van der Waals surface area contributed by atoms with Crippen molar-refractivity contribution < 1.29 is 5.11 Å². The molecule has 2 nitrogen and oxygen atoms in total. The molecule has 4 heteroatoms. The lowest BCUT2D eigenvalue weighted by Gasteiger charge is -2.11. The van der Waals surface area contributed by atoms with Gasteiger partial charge < -0.3 is 10.4 Å². The first-order valence-electron chi connectivity index (χ1n) is 5.58. The molecule has 0 saturated carbocycles. The van der Waals surface area contributed by atoms with E-state index in [0.29, 0.717) is 16.6 Å². The van der Waals surface area contributed by atoms with Crippen molar-refractivity contribution in [1.29, 1.82) is 0 Å². The fourth-order valence-electron chi connectivity index (χ4n) is 1.71. The molecule has 0 fully saturated rings. The maximum Gasteiger partial charge on any atom is 0.0701 e. The summed E-state index contributed by atoms with van der Waals surface area (Å²) in [4.78, 5) is 0. The van der Waals surface area contributed by atoms with Crippen molar-refractivity contribution in [3.8, 4) is 0 Å². The van der Waals surface area contributed by atoms with Gasteiger partial charge >= 0.3 is 0 Å². The van der Waals surface area contributed by atoms with Crippen LogP contribution in [0.15, 0.2) is 42.5 Å². The second-order valence-corrected chi connectivity index (χ2v) is 4.67. The lowest BCUT2D eigenvalue weighted by Crippen LogP contribution is -2.03. The molecule has 0 atom stereocenters. The number of anilines is 1. The van der Waals surface area contributed by atoms with Crippen molar-refractivity contribution in [2.75, 3.05) is 5.32 Å². The van der Waals surface area contributed by atoms with Crippen LogP contribution in [-0.4, -0.2) is 5.11 Å². The lowest BCUT2D eigenvalue weighted by atomic mass is 10.1. The second kappa shape index (κ2) is 6.10. The normalized spacial score (nSPS) is 10.4. The molecule has 2 aromatic carbocycles. The van der Waals surface area contributed by atoms with Gasteiger partial charge in [0.25, 0.3) is 0 Å². The molecule has 0 aliphatic heterocycles. The Morgan fingerprint density at radius 2 is 1.67 bits per heavy atom. The van der Waals surface area contributed by atoms with Crippen molar-refractivity contribution in [3.63, 3.8) is 0 Å². The van der Waals surface area contributed by atoms with Gasteiger partial charge in [0.05, 0.1) is 16.7 Å². The number of benzene rings is 2. The first-order valence-corrected chi connectivity index (χ1v) is 6.33. The molecule has 0 radical (unpaired) electrons. The third-order valence-corrected chi connectivity index (χ3v) is 3.55. The molecule has 2 aromatic rings. The van der Waals surface area contributed by atoms with E-state index in [1.165, 1.54) is 0 Å². The van der Waals surface area contributed by atoms with Crippen molar-refractivity contribution in [1.82, 2.24) is 0 Å². The quantitative estimate of drug-likeness (QED) is 0.885. The molecule has 0 unspecified atom stereocenters. The summed E-state index contributed by atoms with van der Waals surface area (Å²) in [6, 6.07) is 13.1. The van der Waals surface area contributed by atoms with Gasteiger partial charge in [-0.2, -0.15) is 0 Å². The Hall–Kier alpha value is -1.22. The van der Waals surface area contributed by atoms with Crippen LogP contribution in [0.4, 0.5) is 5.69 Å². The highest BCUT2D eigenvalue weighted by atomic mass is 35.5. The van der Waals surface area contributed by atoms with Crippen LogP contribution in [0.2, 0.25) is 10.0 Å². The Kier molecular flexibility index (Phi) is 4.48. The van der Waals surface area contributed by atoms with E-state index in [0.717, 1.165) is 16.8 Å². The SMILES string of the molecule is OCc1ccccc1NCc1cccc(Cl)c1Cl. The standard InChI is InChI=1S/C14H13Cl2NO/c15-12-6-3-5-10(14(12)16)8-17-13-7-2-1-4-11(13)9-18/h1-7,17-18H,8-9H2. The third kappa shape index (κ3) is 2.96. The number of rotatable bonds is 4. The first-order chi connectivity index (χ1) is 8.72. The van der Waals surface area contributed by atoms with Gasteiger partial charge in [0.2, 0.25) is 0 Å². The highest BCUT2D eigenvalue weighted by molar-refractivity contribution is 6.42. The lowest BCUT2D eigenvalue weighted by molar-refractivity contribution is 0.282. The van der Waals surface area contributed by atoms with E-state index in [2.05, 4.69) is 5.32 Å². The van der Waals surface area contributed by atoms with E-state index in [1.54, 1.807) is 6.07 Å². The van der Waals surface area contributed by atoms with Crippen LogP contribution in [0, 0.1) is 0 Å². The molecule has 0 bridgehead atoms. The fraction of sp³-hybridized carbons (Fsp3) is 0.143. The van der Waals surface area contributed by atoms with Gasteiger partial charge in [-0.3, -0.25) is 0 Å². The van der Waals surface area contributed by atoms with Gasteiger partial charge in [-0.15, -0.1) is 0 Å². The van der Waals surface area contributed by atoms with E-state index >= 15 is 0 Å². The van der Waals surface area contributed by atoms with E-state index < -0.39 is 0 Å². The van der Waals surface area contributed by atoms with Crippen LogP contribution in [0.1, 0.15) is 11.1 Å². The van der Waals surface area contributed by atoms with Gasteiger partial charge in [0.15, 0.2) is 0 Å². The number of para-hydroxylation sites is 1. The number of hydrogen-bond acceptors (Lipinski definition) is 2. The van der Waals surface area contributed by atoms with Crippen LogP contribution in [-0.2, 0) is 13.2 Å². The van der Waals surface area contributed by atoms with Crippen LogP contribution < -0.4 is 5.32 Å². The van der Waals surface area contributed by atoms with Crippen molar-refractivity contribution in [2.24, 2.45) is 0 Å². The molecule has 0 aliphatic rings. The Morgan fingerprint density at radius 1 is 0.944 bits per heavy atom. The van der Waals surface area contributed by atoms with Crippen LogP contribution >= 0.6 is 23.2 Å². The predicted molar refractivity (Wildman–Crippen MR) is 76.2 cm³/mol. The number of nitrogens with one attached hydrogen (secondary N) is 1. The Bertz CT molecular complexity index is 543.